The van der Waals surface area contributed by atoms with E-state index < -0.39 is 0 Å². The van der Waals surface area contributed by atoms with E-state index in [1.54, 1.807) is 0 Å². The third-order valence-corrected chi connectivity index (χ3v) is 5.41. The van der Waals surface area contributed by atoms with E-state index in [4.69, 9.17) is 0 Å². The van der Waals surface area contributed by atoms with Gasteiger partial charge in [0.05, 0.1) is 11.4 Å². The van der Waals surface area contributed by atoms with E-state index in [0.717, 1.165) is 30.0 Å². The van der Waals surface area contributed by atoms with Crippen molar-refractivity contribution in [1.29, 1.82) is 0 Å². The van der Waals surface area contributed by atoms with Gasteiger partial charge < -0.3 is 0 Å². The molecule has 0 aliphatic rings. The van der Waals surface area contributed by atoms with Crippen LogP contribution in [0.15, 0.2) is 58.8 Å². The van der Waals surface area contributed by atoms with Crippen LogP contribution in [0, 0.1) is 0 Å². The van der Waals surface area contributed by atoms with Gasteiger partial charge in [-0.05, 0) is 66.8 Å². The van der Waals surface area contributed by atoms with Crippen LogP contribution in [0.1, 0.15) is 75.8 Å². The standard InChI is InChI=1S/C25H36N2S/c1-2-3-4-5-6-7-8-9-11-22-13-17-24(18-14-22)26-27-25-19-15-23(16-20-25)12-10-21-28/h13-20,28H,2-12,21H2,1H3. The minimum atomic E-state index is 0.901. The molecule has 0 aliphatic heterocycles. The largest absolute Gasteiger partial charge is 0.179 e. The quantitative estimate of drug-likeness (QED) is 0.188. The highest BCUT2D eigenvalue weighted by Gasteiger charge is 1.97. The first kappa shape index (κ1) is 22.7. The molecule has 0 aromatic heterocycles. The van der Waals surface area contributed by atoms with E-state index >= 15 is 0 Å². The van der Waals surface area contributed by atoms with Gasteiger partial charge in [-0.25, -0.2) is 0 Å². The average molecular weight is 397 g/mol. The van der Waals surface area contributed by atoms with Gasteiger partial charge in [0.25, 0.3) is 0 Å². The molecule has 0 radical (unpaired) electrons. The lowest BCUT2D eigenvalue weighted by atomic mass is 10.0. The zero-order valence-corrected chi connectivity index (χ0v) is 18.3. The zero-order chi connectivity index (χ0) is 19.9. The van der Waals surface area contributed by atoms with Crippen molar-refractivity contribution in [3.63, 3.8) is 0 Å². The van der Waals surface area contributed by atoms with Crippen molar-refractivity contribution < 1.29 is 0 Å². The van der Waals surface area contributed by atoms with Crippen molar-refractivity contribution in [2.24, 2.45) is 10.2 Å². The number of thiol groups is 1. The van der Waals surface area contributed by atoms with Crippen molar-refractivity contribution in [3.8, 4) is 0 Å². The average Bonchev–Trinajstić information content (AvgIpc) is 2.74. The summed E-state index contributed by atoms with van der Waals surface area (Å²) in [6.45, 7) is 2.27. The van der Waals surface area contributed by atoms with E-state index in [-0.39, 0.29) is 0 Å². The molecule has 28 heavy (non-hydrogen) atoms. The summed E-state index contributed by atoms with van der Waals surface area (Å²) in [4.78, 5) is 0. The molecule has 0 heterocycles. The molecule has 0 spiro atoms. The fourth-order valence-electron chi connectivity index (χ4n) is 3.32. The lowest BCUT2D eigenvalue weighted by Crippen LogP contribution is -1.86. The smallest absolute Gasteiger partial charge is 0.0857 e. The highest BCUT2D eigenvalue weighted by molar-refractivity contribution is 7.80. The molecule has 0 atom stereocenters. The first-order chi connectivity index (χ1) is 13.8. The lowest BCUT2D eigenvalue weighted by molar-refractivity contribution is 0.575. The van der Waals surface area contributed by atoms with Crippen LogP contribution in [0.25, 0.3) is 0 Å². The predicted octanol–water partition coefficient (Wildman–Crippen LogP) is 8.65. The van der Waals surface area contributed by atoms with Crippen LogP contribution >= 0.6 is 12.6 Å². The molecule has 0 saturated heterocycles. The van der Waals surface area contributed by atoms with Crippen LogP contribution in [0.4, 0.5) is 11.4 Å². The first-order valence-electron chi connectivity index (χ1n) is 11.0. The van der Waals surface area contributed by atoms with Gasteiger partial charge in [-0.3, -0.25) is 0 Å². The maximum Gasteiger partial charge on any atom is 0.0857 e. The van der Waals surface area contributed by atoms with E-state index in [9.17, 15) is 0 Å². The number of nitrogens with zero attached hydrogens (tertiary/aromatic N) is 2. The number of aryl methyl sites for hydroxylation is 2. The van der Waals surface area contributed by atoms with E-state index in [2.05, 4.69) is 66.2 Å². The second-order valence-corrected chi connectivity index (χ2v) is 8.03. The Morgan fingerprint density at radius 3 is 1.46 bits per heavy atom. The van der Waals surface area contributed by atoms with Gasteiger partial charge in [0, 0.05) is 0 Å². The Hall–Kier alpha value is -1.61. The monoisotopic (exact) mass is 396 g/mol. The third-order valence-electron chi connectivity index (χ3n) is 5.10. The van der Waals surface area contributed by atoms with Crippen molar-refractivity contribution in [3.05, 3.63) is 59.7 Å². The van der Waals surface area contributed by atoms with Crippen LogP contribution in [0.5, 0.6) is 0 Å². The van der Waals surface area contributed by atoms with Gasteiger partial charge in [-0.1, -0.05) is 76.1 Å². The molecule has 152 valence electrons. The minimum Gasteiger partial charge on any atom is -0.179 e. The molecule has 0 N–H and O–H groups in total. The summed E-state index contributed by atoms with van der Waals surface area (Å²) < 4.78 is 0. The molecule has 2 aromatic rings. The topological polar surface area (TPSA) is 24.7 Å². The molecule has 0 saturated carbocycles. The lowest BCUT2D eigenvalue weighted by Gasteiger charge is -2.03. The molecule has 3 heteroatoms. The van der Waals surface area contributed by atoms with E-state index in [0.29, 0.717) is 0 Å². The van der Waals surface area contributed by atoms with Crippen molar-refractivity contribution >= 4 is 24.0 Å². The Kier molecular flexibility index (Phi) is 11.7. The molecule has 0 bridgehead atoms. The summed E-state index contributed by atoms with van der Waals surface area (Å²) in [6.07, 6.45) is 14.3. The summed E-state index contributed by atoms with van der Waals surface area (Å²) in [5, 5.41) is 8.72. The van der Waals surface area contributed by atoms with Crippen LogP contribution in [-0.2, 0) is 12.8 Å². The SMILES string of the molecule is CCCCCCCCCCc1ccc(N=Nc2ccc(CCCS)cc2)cc1. The third kappa shape index (κ3) is 9.54. The molecular formula is C25H36N2S. The second kappa shape index (κ2) is 14.4. The summed E-state index contributed by atoms with van der Waals surface area (Å²) >= 11 is 4.26. The van der Waals surface area contributed by atoms with Crippen LogP contribution in [-0.4, -0.2) is 5.75 Å². The van der Waals surface area contributed by atoms with Crippen LogP contribution in [0.2, 0.25) is 0 Å². The summed E-state index contributed by atoms with van der Waals surface area (Å²) in [7, 11) is 0. The predicted molar refractivity (Wildman–Crippen MR) is 126 cm³/mol. The van der Waals surface area contributed by atoms with Crippen LogP contribution < -0.4 is 0 Å². The number of hydrogen-bond acceptors (Lipinski definition) is 3. The Labute approximate surface area is 177 Å². The molecule has 0 unspecified atom stereocenters. The Morgan fingerprint density at radius 2 is 1.00 bits per heavy atom. The highest BCUT2D eigenvalue weighted by atomic mass is 32.1. The fourth-order valence-corrected chi connectivity index (χ4v) is 3.48. The minimum absolute atomic E-state index is 0.901. The number of rotatable bonds is 14. The maximum absolute atomic E-state index is 4.37. The molecule has 0 aliphatic carbocycles. The maximum atomic E-state index is 4.37. The summed E-state index contributed by atoms with van der Waals surface area (Å²) in [6, 6.07) is 16.9. The number of benzene rings is 2. The van der Waals surface area contributed by atoms with Crippen molar-refractivity contribution in [2.45, 2.75) is 77.6 Å². The van der Waals surface area contributed by atoms with Gasteiger partial charge >= 0.3 is 0 Å². The summed E-state index contributed by atoms with van der Waals surface area (Å²) in [5.41, 5.74) is 4.55. The molecule has 2 rings (SSSR count). The Bertz CT molecular complexity index is 662. The Balaban J connectivity index is 1.68. The number of azo groups is 1. The second-order valence-electron chi connectivity index (χ2n) is 7.58. The van der Waals surface area contributed by atoms with Gasteiger partial charge in [-0.2, -0.15) is 22.9 Å². The van der Waals surface area contributed by atoms with E-state index in [1.165, 1.54) is 68.9 Å². The fraction of sp³-hybridized carbons (Fsp3) is 0.520. The normalized spacial score (nSPS) is 11.4. The number of unbranched alkanes of at least 4 members (excludes halogenated alkanes) is 7. The summed E-state index contributed by atoms with van der Waals surface area (Å²) in [5.74, 6) is 0.927. The van der Waals surface area contributed by atoms with Gasteiger partial charge in [0.15, 0.2) is 0 Å². The van der Waals surface area contributed by atoms with Gasteiger partial charge in [0.1, 0.15) is 0 Å². The van der Waals surface area contributed by atoms with Gasteiger partial charge in [0.2, 0.25) is 0 Å². The number of hydrogen-bond donors (Lipinski definition) is 1. The molecule has 0 fully saturated rings. The van der Waals surface area contributed by atoms with Gasteiger partial charge in [-0.15, -0.1) is 0 Å². The molecule has 0 amide bonds. The molecule has 2 aromatic carbocycles. The molecular weight excluding hydrogens is 360 g/mol. The first-order valence-corrected chi connectivity index (χ1v) is 11.7. The van der Waals surface area contributed by atoms with Crippen molar-refractivity contribution in [1.82, 2.24) is 0 Å². The van der Waals surface area contributed by atoms with E-state index in [1.807, 2.05) is 12.1 Å². The zero-order valence-electron chi connectivity index (χ0n) is 17.4. The van der Waals surface area contributed by atoms with Crippen LogP contribution in [0.3, 0.4) is 0 Å². The van der Waals surface area contributed by atoms with Crippen molar-refractivity contribution in [2.75, 3.05) is 5.75 Å². The Morgan fingerprint density at radius 1 is 0.571 bits per heavy atom. The molecule has 2 nitrogen and oxygen atoms in total. The highest BCUT2D eigenvalue weighted by Crippen LogP contribution is 2.20.